The molecular weight excluding hydrogens is 1750 g/mol. The van der Waals surface area contributed by atoms with E-state index in [1.165, 1.54) is 48.5 Å². The Morgan fingerprint density at radius 3 is 0.459 bits per heavy atom. The van der Waals surface area contributed by atoms with E-state index in [2.05, 4.69) is 95.7 Å². The largest absolute Gasteiger partial charge is 0.368 e. The topological polar surface area (TPSA) is 697 Å². The van der Waals surface area contributed by atoms with Crippen molar-refractivity contribution in [3.63, 3.8) is 0 Å². The fraction of sp³-hybridized carbons (Fsp3) is 0.793. The maximum atomic E-state index is 14.5. The molecule has 0 spiro atoms. The summed E-state index contributed by atoms with van der Waals surface area (Å²) in [4.78, 5) is 263. The van der Waals surface area contributed by atoms with Gasteiger partial charge in [0.2, 0.25) is 112 Å². The molecule has 0 rings (SSSR count). The van der Waals surface area contributed by atoms with Crippen LogP contribution in [-0.2, 0) is 91.1 Å². The fourth-order valence-electron chi connectivity index (χ4n) is 14.4. The van der Waals surface area contributed by atoms with Crippen molar-refractivity contribution in [1.82, 2.24) is 95.7 Å². The van der Waals surface area contributed by atoms with E-state index in [1.54, 1.807) is 55.4 Å². The zero-order chi connectivity index (χ0) is 103. The molecule has 43 nitrogen and oxygen atoms in total. The number of amides is 19. The van der Waals surface area contributed by atoms with Crippen LogP contribution < -0.4 is 130 Å². The van der Waals surface area contributed by atoms with Crippen LogP contribution in [0.15, 0.2) is 0 Å². The van der Waals surface area contributed by atoms with E-state index in [1.807, 2.05) is 41.5 Å². The van der Waals surface area contributed by atoms with Gasteiger partial charge in [0, 0.05) is 6.92 Å². The number of hydrogen-bond donors (Lipinski definition) is 24. The van der Waals surface area contributed by atoms with Crippen molar-refractivity contribution in [2.45, 2.75) is 395 Å². The molecule has 0 saturated heterocycles. The van der Waals surface area contributed by atoms with Gasteiger partial charge in [-0.3, -0.25) is 91.1 Å². The molecule has 0 aliphatic rings. The van der Waals surface area contributed by atoms with Crippen molar-refractivity contribution in [1.29, 1.82) is 0 Å². The second-order valence-corrected chi connectivity index (χ2v) is 38.5. The first-order valence-corrected chi connectivity index (χ1v) is 48.4. The Bertz CT molecular complexity index is 3760. The number of hydrogen-bond acceptors (Lipinski definition) is 24. The number of carbonyl (C=O) groups is 19. The van der Waals surface area contributed by atoms with E-state index in [0.29, 0.717) is 70.8 Å². The fourth-order valence-corrected chi connectivity index (χ4v) is 14.4. The number of nitrogens with two attached hydrogens (primary N) is 6. The van der Waals surface area contributed by atoms with Gasteiger partial charge in [-0.2, -0.15) is 0 Å². The summed E-state index contributed by atoms with van der Waals surface area (Å²) >= 11 is 0. The third kappa shape index (κ3) is 52.6. The maximum Gasteiger partial charge on any atom is 0.243 e. The van der Waals surface area contributed by atoms with Gasteiger partial charge in [0.1, 0.15) is 109 Å². The molecule has 0 unspecified atom stereocenters. The van der Waals surface area contributed by atoms with Crippen LogP contribution in [-0.4, -0.2) is 254 Å². The standard InChI is InChI=1S/C92H172N24O19/c1-49(2)42-68(86(129)99-56(15)75(98)118)115-84(127)66(35-25-30-40-96)108-91(134)73(47-54(11)12)110-77(120)58(17)100-76(119)57(16)101-81(124)64(33-23-28-38-94)106-89(132)71(45-52(7)8)111-78(121)59(18)102-82(125)65(34-24-29-39-95)107-90(133)72(46-53(9)10)112-79(122)61(20)104-88(131)70(44-51(5)6)116-85(128)67(36-26-31-41-97)109-92(135)74(48-55(13)14)113-80(123)60(19)103-87(130)69(43-50(3)4)114-83(126)63(105-62(21)117)32-22-27-37-93/h49-61,63-74H,22-48,93-97H2,1-21H3,(H2,98,118)(H,99,129)(H,100,119)(H,101,124)(H,102,125)(H,103,130)(H,104,131)(H,105,117)(H,106,132)(H,107,133)(H,108,134)(H,109,135)(H,110,120)(H,111,121)(H,112,122)(H,113,123)(H,114,126)(H,115,127)(H,116,128)/t56-,57-,58-,59-,60-,61-,63-,64-,65-,66-,67-,68-,69-,70-,71-,72-,73-,74-/m0/s1. The molecular formula is C92H172N24O19. The first-order valence-electron chi connectivity index (χ1n) is 48.4. The summed E-state index contributed by atoms with van der Waals surface area (Å²) < 4.78 is 0. The van der Waals surface area contributed by atoms with Crippen molar-refractivity contribution < 1.29 is 91.1 Å². The van der Waals surface area contributed by atoms with Crippen LogP contribution in [0.5, 0.6) is 0 Å². The van der Waals surface area contributed by atoms with Gasteiger partial charge in [0.15, 0.2) is 0 Å². The molecule has 0 aromatic carbocycles. The quantitative estimate of drug-likeness (QED) is 0.0302. The van der Waals surface area contributed by atoms with Crippen LogP contribution in [0.4, 0.5) is 0 Å². The van der Waals surface area contributed by atoms with Gasteiger partial charge in [0.25, 0.3) is 0 Å². The van der Waals surface area contributed by atoms with Gasteiger partial charge in [-0.05, 0) is 257 Å². The maximum absolute atomic E-state index is 14.5. The lowest BCUT2D eigenvalue weighted by Gasteiger charge is -2.28. The van der Waals surface area contributed by atoms with Crippen LogP contribution in [0.25, 0.3) is 0 Å². The van der Waals surface area contributed by atoms with E-state index in [4.69, 9.17) is 34.4 Å². The summed E-state index contributed by atoms with van der Waals surface area (Å²) in [5.74, 6) is -15.5. The van der Waals surface area contributed by atoms with E-state index < -0.39 is 221 Å². The lowest BCUT2D eigenvalue weighted by atomic mass is 10.00. The number of nitrogens with one attached hydrogen (secondary N) is 18. The average Bonchev–Trinajstić information content (AvgIpc) is 0.858. The Balaban J connectivity index is 6.75. The van der Waals surface area contributed by atoms with E-state index >= 15 is 0 Å². The number of carbonyl (C=O) groups excluding carboxylic acids is 19. The van der Waals surface area contributed by atoms with Crippen LogP contribution in [0.1, 0.15) is 287 Å². The Morgan fingerprint density at radius 2 is 0.296 bits per heavy atom. The highest BCUT2D eigenvalue weighted by Gasteiger charge is 2.39. The lowest BCUT2D eigenvalue weighted by molar-refractivity contribution is -0.136. The first-order chi connectivity index (χ1) is 63.2. The molecule has 0 aliphatic carbocycles. The Hall–Kier alpha value is -10.3. The van der Waals surface area contributed by atoms with Gasteiger partial charge in [-0.25, -0.2) is 0 Å². The molecule has 135 heavy (non-hydrogen) atoms. The van der Waals surface area contributed by atoms with Gasteiger partial charge in [-0.15, -0.1) is 0 Å². The lowest BCUT2D eigenvalue weighted by Crippen LogP contribution is -2.60. The van der Waals surface area contributed by atoms with E-state index in [0.717, 1.165) is 0 Å². The molecule has 774 valence electrons. The summed E-state index contributed by atoms with van der Waals surface area (Å²) in [6, 6.07) is -22.3. The van der Waals surface area contributed by atoms with Crippen molar-refractivity contribution in [2.75, 3.05) is 32.7 Å². The van der Waals surface area contributed by atoms with E-state index in [-0.39, 0.29) is 145 Å². The molecule has 0 aromatic rings. The third-order valence-corrected chi connectivity index (χ3v) is 21.9. The molecule has 19 amide bonds. The summed E-state index contributed by atoms with van der Waals surface area (Å²) in [6.45, 7) is 36.1. The van der Waals surface area contributed by atoms with Crippen molar-refractivity contribution in [3.8, 4) is 0 Å². The van der Waals surface area contributed by atoms with Crippen molar-refractivity contribution in [2.24, 2.45) is 75.8 Å². The minimum absolute atomic E-state index is 0.00896. The molecule has 0 saturated carbocycles. The predicted octanol–water partition coefficient (Wildman–Crippen LogP) is -1.69. The van der Waals surface area contributed by atoms with Crippen LogP contribution in [0, 0.1) is 41.4 Å². The molecule has 43 heteroatoms. The highest BCUT2D eigenvalue weighted by atomic mass is 16.2. The highest BCUT2D eigenvalue weighted by molar-refractivity contribution is 6.01. The van der Waals surface area contributed by atoms with Gasteiger partial charge >= 0.3 is 0 Å². The van der Waals surface area contributed by atoms with E-state index in [9.17, 15) is 91.1 Å². The summed E-state index contributed by atoms with van der Waals surface area (Å²) in [7, 11) is 0. The first kappa shape index (κ1) is 125. The normalized spacial score (nSPS) is 15.5. The van der Waals surface area contributed by atoms with Gasteiger partial charge < -0.3 is 130 Å². The van der Waals surface area contributed by atoms with Gasteiger partial charge in [-0.1, -0.05) is 96.9 Å². The van der Waals surface area contributed by atoms with Crippen LogP contribution in [0.2, 0.25) is 0 Å². The molecule has 30 N–H and O–H groups in total. The molecule has 18 atom stereocenters. The number of primary amides is 1. The SMILES string of the molecule is CC(=O)N[C@@H](CCCCN)C(=O)N[C@@H](CC(C)C)C(=O)N[C@@H](C)C(=O)N[C@@H](CC(C)C)C(=O)N[C@@H](CCCCN)C(=O)N[C@@H](CC(C)C)C(=O)N[C@@H](C)C(=O)N[C@@H](CC(C)C)C(=O)N[C@@H](CCCCN)C(=O)N[C@@H](C)C(=O)N[C@@H](CC(C)C)C(=O)N[C@@H](CCCCN)C(=O)N[C@@H](C)C(=O)N[C@@H](C)C(=O)N[C@@H](CC(C)C)C(=O)N[C@@H](CCCCN)C(=O)N[C@@H](CC(C)C)C(=O)N[C@@H](C)C(N)=O. The predicted molar refractivity (Wildman–Crippen MR) is 514 cm³/mol. The van der Waals surface area contributed by atoms with Crippen molar-refractivity contribution >= 4 is 112 Å². The second kappa shape index (κ2) is 67.0. The number of unbranched alkanes of at least 4 members (excludes halogenated alkanes) is 5. The molecule has 0 heterocycles. The average molecular weight is 1920 g/mol. The Labute approximate surface area is 799 Å². The molecule has 0 aliphatic heterocycles. The number of rotatable bonds is 70. The van der Waals surface area contributed by atoms with Crippen molar-refractivity contribution in [3.05, 3.63) is 0 Å². The molecule has 0 aromatic heterocycles. The van der Waals surface area contributed by atoms with Crippen LogP contribution >= 0.6 is 0 Å². The Kier molecular flexibility index (Phi) is 61.9. The third-order valence-electron chi connectivity index (χ3n) is 21.9. The minimum atomic E-state index is -1.37. The molecule has 0 fully saturated rings. The zero-order valence-corrected chi connectivity index (χ0v) is 84.2. The Morgan fingerprint density at radius 1 is 0.170 bits per heavy atom. The summed E-state index contributed by atoms with van der Waals surface area (Å²) in [6.07, 6.45) is 5.35. The second-order valence-electron chi connectivity index (χ2n) is 38.5. The van der Waals surface area contributed by atoms with Gasteiger partial charge in [0.05, 0.1) is 0 Å². The summed E-state index contributed by atoms with van der Waals surface area (Å²) in [5.41, 5.74) is 34.3. The monoisotopic (exact) mass is 1920 g/mol. The minimum Gasteiger partial charge on any atom is -0.368 e. The van der Waals surface area contributed by atoms with Crippen LogP contribution in [0.3, 0.4) is 0 Å². The molecule has 0 bridgehead atoms. The summed E-state index contributed by atoms with van der Waals surface area (Å²) in [5, 5.41) is 48.1. The highest BCUT2D eigenvalue weighted by Crippen LogP contribution is 2.18. The zero-order valence-electron chi connectivity index (χ0n) is 84.2. The molecule has 0 radical (unpaired) electrons. The smallest absolute Gasteiger partial charge is 0.243 e.